The highest BCUT2D eigenvalue weighted by atomic mass is 79.9. The van der Waals surface area contributed by atoms with Crippen LogP contribution in [0.25, 0.3) is 0 Å². The van der Waals surface area contributed by atoms with Gasteiger partial charge in [-0.25, -0.2) is 4.98 Å². The molecule has 0 saturated heterocycles. The Hall–Kier alpha value is -0.940. The molecule has 0 aliphatic carbocycles. The topological polar surface area (TPSA) is 45.2 Å². The number of pyridine rings is 1. The molecule has 1 aromatic heterocycles. The first-order valence-corrected chi connectivity index (χ1v) is 7.40. The van der Waals surface area contributed by atoms with Crippen LogP contribution < -0.4 is 5.32 Å². The van der Waals surface area contributed by atoms with Crippen LogP contribution in [0.3, 0.4) is 0 Å². The van der Waals surface area contributed by atoms with Crippen LogP contribution in [0, 0.1) is 0 Å². The maximum atomic E-state index is 11.9. The molecule has 106 valence electrons. The Morgan fingerprint density at radius 2 is 2.21 bits per heavy atom. The molecule has 1 heterocycles. The number of aromatic nitrogens is 1. The zero-order valence-corrected chi connectivity index (χ0v) is 13.4. The molecule has 0 unspecified atom stereocenters. The predicted molar refractivity (Wildman–Crippen MR) is 81.3 cm³/mol. The van der Waals surface area contributed by atoms with Gasteiger partial charge in [0.15, 0.2) is 0 Å². The maximum Gasteiger partial charge on any atom is 0.271 e. The summed E-state index contributed by atoms with van der Waals surface area (Å²) in [6.07, 6.45) is 3.68. The number of unbranched alkanes of at least 4 members (excludes halogenated alkanes) is 1. The van der Waals surface area contributed by atoms with Gasteiger partial charge in [0.1, 0.15) is 5.69 Å². The second-order valence-electron chi connectivity index (χ2n) is 4.87. The molecule has 0 aliphatic rings. The van der Waals surface area contributed by atoms with Crippen molar-refractivity contribution in [3.63, 3.8) is 0 Å². The molecule has 1 aromatic rings. The third-order valence-electron chi connectivity index (χ3n) is 3.08. The largest absolute Gasteiger partial charge is 0.351 e. The average Bonchev–Trinajstić information content (AvgIpc) is 2.38. The van der Waals surface area contributed by atoms with Gasteiger partial charge in [-0.2, -0.15) is 0 Å². The lowest BCUT2D eigenvalue weighted by atomic mass is 10.2. The summed E-state index contributed by atoms with van der Waals surface area (Å²) in [6.45, 7) is 6.11. The van der Waals surface area contributed by atoms with Gasteiger partial charge < -0.3 is 10.2 Å². The number of halogens is 1. The van der Waals surface area contributed by atoms with Crippen LogP contribution in [-0.4, -0.2) is 42.0 Å². The summed E-state index contributed by atoms with van der Waals surface area (Å²) in [7, 11) is 2.12. The number of carbonyl (C=O) groups is 1. The summed E-state index contributed by atoms with van der Waals surface area (Å²) in [6, 6.07) is 4.18. The Morgan fingerprint density at radius 3 is 2.84 bits per heavy atom. The molecular formula is C14H22BrN3O. The number of carbonyl (C=O) groups excluding carboxylic acids is 1. The van der Waals surface area contributed by atoms with Crippen molar-refractivity contribution in [2.45, 2.75) is 32.7 Å². The fraction of sp³-hybridized carbons (Fsp3) is 0.571. The Morgan fingerprint density at radius 1 is 1.47 bits per heavy atom. The minimum atomic E-state index is -0.121. The van der Waals surface area contributed by atoms with Crippen molar-refractivity contribution in [1.82, 2.24) is 15.2 Å². The van der Waals surface area contributed by atoms with E-state index in [4.69, 9.17) is 0 Å². The molecule has 0 atom stereocenters. The van der Waals surface area contributed by atoms with E-state index in [1.807, 2.05) is 6.07 Å². The van der Waals surface area contributed by atoms with E-state index in [0.29, 0.717) is 18.3 Å². The summed E-state index contributed by atoms with van der Waals surface area (Å²) in [5.41, 5.74) is 0.446. The predicted octanol–water partition coefficient (Wildman–Crippen LogP) is 2.69. The highest BCUT2D eigenvalue weighted by Crippen LogP contribution is 2.12. The molecule has 0 bridgehead atoms. The van der Waals surface area contributed by atoms with E-state index < -0.39 is 0 Å². The minimum Gasteiger partial charge on any atom is -0.351 e. The van der Waals surface area contributed by atoms with Gasteiger partial charge >= 0.3 is 0 Å². The van der Waals surface area contributed by atoms with Crippen molar-refractivity contribution in [2.75, 3.05) is 20.1 Å². The number of nitrogens with zero attached hydrogens (tertiary/aromatic N) is 2. The molecule has 0 radical (unpaired) electrons. The van der Waals surface area contributed by atoms with Crippen molar-refractivity contribution in [3.8, 4) is 0 Å². The third kappa shape index (κ3) is 5.70. The van der Waals surface area contributed by atoms with Crippen molar-refractivity contribution in [3.05, 3.63) is 28.5 Å². The highest BCUT2D eigenvalue weighted by Gasteiger charge is 2.10. The van der Waals surface area contributed by atoms with E-state index in [-0.39, 0.29) is 5.91 Å². The summed E-state index contributed by atoms with van der Waals surface area (Å²) in [5, 5.41) is 2.89. The van der Waals surface area contributed by atoms with Gasteiger partial charge in [0.2, 0.25) is 0 Å². The Labute approximate surface area is 123 Å². The normalized spacial score (nSPS) is 11.1. The van der Waals surface area contributed by atoms with Gasteiger partial charge in [0, 0.05) is 23.3 Å². The molecular weight excluding hydrogens is 306 g/mol. The highest BCUT2D eigenvalue weighted by molar-refractivity contribution is 9.10. The number of hydrogen-bond donors (Lipinski definition) is 1. The first-order chi connectivity index (χ1) is 9.02. The second-order valence-corrected chi connectivity index (χ2v) is 5.73. The Bertz CT molecular complexity index is 409. The molecule has 0 aliphatic heterocycles. The number of nitrogens with one attached hydrogen (secondary N) is 1. The fourth-order valence-corrected chi connectivity index (χ4v) is 2.02. The first-order valence-electron chi connectivity index (χ1n) is 6.61. The monoisotopic (exact) mass is 327 g/mol. The zero-order valence-electron chi connectivity index (χ0n) is 11.8. The van der Waals surface area contributed by atoms with E-state index >= 15 is 0 Å². The molecule has 0 saturated carbocycles. The van der Waals surface area contributed by atoms with Crippen molar-refractivity contribution >= 4 is 21.8 Å². The lowest BCUT2D eigenvalue weighted by molar-refractivity contribution is 0.0946. The molecule has 0 aromatic carbocycles. The Balaban J connectivity index is 2.23. The van der Waals surface area contributed by atoms with Gasteiger partial charge in [-0.05, 0) is 68.3 Å². The molecule has 0 fully saturated rings. The van der Waals surface area contributed by atoms with E-state index in [0.717, 1.165) is 23.9 Å². The molecule has 5 heteroatoms. The van der Waals surface area contributed by atoms with Crippen molar-refractivity contribution in [1.29, 1.82) is 0 Å². The standard InChI is InChI=1S/C14H22BrN3O/c1-11(2)18(3)10-5-4-8-17-14(19)13-12(15)7-6-9-16-13/h6-7,9,11H,4-5,8,10H2,1-3H3,(H,17,19). The molecule has 1 amide bonds. The van der Waals surface area contributed by atoms with Gasteiger partial charge in [0.05, 0.1) is 0 Å². The minimum absolute atomic E-state index is 0.121. The molecule has 19 heavy (non-hydrogen) atoms. The Kier molecular flexibility index (Phi) is 7.02. The second kappa shape index (κ2) is 8.27. The average molecular weight is 328 g/mol. The zero-order chi connectivity index (χ0) is 14.3. The summed E-state index contributed by atoms with van der Waals surface area (Å²) in [4.78, 5) is 18.2. The third-order valence-corrected chi connectivity index (χ3v) is 3.72. The van der Waals surface area contributed by atoms with E-state index in [9.17, 15) is 4.79 Å². The van der Waals surface area contributed by atoms with Crippen LogP contribution in [0.5, 0.6) is 0 Å². The van der Waals surface area contributed by atoms with Gasteiger partial charge in [-0.15, -0.1) is 0 Å². The fourth-order valence-electron chi connectivity index (χ4n) is 1.58. The smallest absolute Gasteiger partial charge is 0.271 e. The van der Waals surface area contributed by atoms with E-state index in [1.165, 1.54) is 0 Å². The number of amides is 1. The van der Waals surface area contributed by atoms with E-state index in [1.54, 1.807) is 12.3 Å². The molecule has 1 rings (SSSR count). The van der Waals surface area contributed by atoms with Crippen LogP contribution in [-0.2, 0) is 0 Å². The van der Waals surface area contributed by atoms with Gasteiger partial charge in [0.25, 0.3) is 5.91 Å². The van der Waals surface area contributed by atoms with Crippen LogP contribution >= 0.6 is 15.9 Å². The number of rotatable bonds is 7. The van der Waals surface area contributed by atoms with Crippen molar-refractivity contribution in [2.24, 2.45) is 0 Å². The van der Waals surface area contributed by atoms with Crippen LogP contribution in [0.15, 0.2) is 22.8 Å². The quantitative estimate of drug-likeness (QED) is 0.783. The van der Waals surface area contributed by atoms with Crippen LogP contribution in [0.2, 0.25) is 0 Å². The molecule has 0 spiro atoms. The summed E-state index contributed by atoms with van der Waals surface area (Å²) in [5.74, 6) is -0.121. The van der Waals surface area contributed by atoms with Gasteiger partial charge in [-0.1, -0.05) is 0 Å². The molecule has 4 nitrogen and oxygen atoms in total. The summed E-state index contributed by atoms with van der Waals surface area (Å²) >= 11 is 3.32. The summed E-state index contributed by atoms with van der Waals surface area (Å²) < 4.78 is 0.729. The number of hydrogen-bond acceptors (Lipinski definition) is 3. The lowest BCUT2D eigenvalue weighted by Gasteiger charge is -2.20. The molecule has 1 N–H and O–H groups in total. The van der Waals surface area contributed by atoms with Crippen LogP contribution in [0.1, 0.15) is 37.2 Å². The van der Waals surface area contributed by atoms with E-state index in [2.05, 4.69) is 52.0 Å². The first kappa shape index (κ1) is 16.1. The lowest BCUT2D eigenvalue weighted by Crippen LogP contribution is -2.29. The van der Waals surface area contributed by atoms with Gasteiger partial charge in [-0.3, -0.25) is 4.79 Å². The van der Waals surface area contributed by atoms with Crippen molar-refractivity contribution < 1.29 is 4.79 Å². The van der Waals surface area contributed by atoms with Crippen LogP contribution in [0.4, 0.5) is 0 Å². The SMILES string of the molecule is CC(C)N(C)CCCCNC(=O)c1ncccc1Br. The maximum absolute atomic E-state index is 11.9.